The molecule has 0 bridgehead atoms. The van der Waals surface area contributed by atoms with Crippen LogP contribution in [0.1, 0.15) is 72.6 Å². The van der Waals surface area contributed by atoms with Crippen LogP contribution in [0.5, 0.6) is 0 Å². The highest BCUT2D eigenvalue weighted by molar-refractivity contribution is 5.80. The summed E-state index contributed by atoms with van der Waals surface area (Å²) in [6.07, 6.45) is 8.33. The van der Waals surface area contributed by atoms with E-state index in [0.717, 1.165) is 25.2 Å². The highest BCUT2D eigenvalue weighted by Gasteiger charge is 2.24. The molecular formula is C14H28O. The van der Waals surface area contributed by atoms with Crippen LogP contribution in [0.3, 0.4) is 0 Å². The zero-order chi connectivity index (χ0) is 11.7. The summed E-state index contributed by atoms with van der Waals surface area (Å²) in [5, 5.41) is 0. The summed E-state index contributed by atoms with van der Waals surface area (Å²) in [5.74, 6) is 1.83. The van der Waals surface area contributed by atoms with Crippen molar-refractivity contribution >= 4 is 5.78 Å². The van der Waals surface area contributed by atoms with Crippen LogP contribution >= 0.6 is 0 Å². The lowest BCUT2D eigenvalue weighted by Crippen LogP contribution is -2.21. The molecule has 90 valence electrons. The molecule has 0 saturated heterocycles. The van der Waals surface area contributed by atoms with Gasteiger partial charge in [-0.2, -0.15) is 0 Å². The van der Waals surface area contributed by atoms with Gasteiger partial charge in [-0.25, -0.2) is 0 Å². The van der Waals surface area contributed by atoms with Gasteiger partial charge in [0.1, 0.15) is 5.78 Å². The van der Waals surface area contributed by atoms with Crippen LogP contribution in [-0.4, -0.2) is 5.78 Å². The standard InChI is InChI=1S/C12H22O.C2H6/c1-3-5-10-6-8-11(9-7-10)12(13)4-2;1-2/h10-11H,3-9H2,1-2H3;1-2H3. The predicted octanol–water partition coefficient (Wildman–Crippen LogP) is 4.60. The average molecular weight is 212 g/mol. The molecule has 0 N–H and O–H groups in total. The Bertz CT molecular complexity index is 155. The number of carbonyl (C=O) groups excluding carboxylic acids is 1. The summed E-state index contributed by atoms with van der Waals surface area (Å²) >= 11 is 0. The molecule has 1 nitrogen and oxygen atoms in total. The lowest BCUT2D eigenvalue weighted by Gasteiger charge is -2.27. The van der Waals surface area contributed by atoms with Gasteiger partial charge in [-0.3, -0.25) is 4.79 Å². The van der Waals surface area contributed by atoms with Gasteiger partial charge in [0.25, 0.3) is 0 Å². The van der Waals surface area contributed by atoms with Gasteiger partial charge in [-0.05, 0) is 31.6 Å². The van der Waals surface area contributed by atoms with Gasteiger partial charge in [0, 0.05) is 12.3 Å². The van der Waals surface area contributed by atoms with E-state index < -0.39 is 0 Å². The molecule has 1 rings (SSSR count). The van der Waals surface area contributed by atoms with E-state index >= 15 is 0 Å². The Balaban J connectivity index is 0.000000921. The Morgan fingerprint density at radius 3 is 2.00 bits per heavy atom. The van der Waals surface area contributed by atoms with Gasteiger partial charge >= 0.3 is 0 Å². The summed E-state index contributed by atoms with van der Waals surface area (Å²) in [6.45, 7) is 8.24. The molecule has 0 radical (unpaired) electrons. The largest absolute Gasteiger partial charge is 0.299 e. The predicted molar refractivity (Wildman–Crippen MR) is 67.0 cm³/mol. The molecule has 0 aromatic rings. The maximum absolute atomic E-state index is 11.4. The lowest BCUT2D eigenvalue weighted by molar-refractivity contribution is -0.123. The summed E-state index contributed by atoms with van der Waals surface area (Å²) in [7, 11) is 0. The minimum Gasteiger partial charge on any atom is -0.299 e. The van der Waals surface area contributed by atoms with E-state index in [0.29, 0.717) is 11.7 Å². The molecule has 0 aromatic heterocycles. The first-order chi connectivity index (χ1) is 7.27. The Morgan fingerprint density at radius 1 is 1.07 bits per heavy atom. The minimum absolute atomic E-state index is 0.415. The van der Waals surface area contributed by atoms with Crippen molar-refractivity contribution in [3.05, 3.63) is 0 Å². The van der Waals surface area contributed by atoms with E-state index in [-0.39, 0.29) is 0 Å². The molecule has 0 amide bonds. The topological polar surface area (TPSA) is 17.1 Å². The van der Waals surface area contributed by atoms with Crippen molar-refractivity contribution in [3.8, 4) is 0 Å². The number of carbonyl (C=O) groups is 1. The van der Waals surface area contributed by atoms with Crippen molar-refractivity contribution in [1.82, 2.24) is 0 Å². The molecule has 0 atom stereocenters. The highest BCUT2D eigenvalue weighted by atomic mass is 16.1. The van der Waals surface area contributed by atoms with Crippen molar-refractivity contribution in [2.24, 2.45) is 11.8 Å². The van der Waals surface area contributed by atoms with Crippen LogP contribution in [0.2, 0.25) is 0 Å². The van der Waals surface area contributed by atoms with E-state index in [1.807, 2.05) is 20.8 Å². The van der Waals surface area contributed by atoms with Crippen molar-refractivity contribution < 1.29 is 4.79 Å². The summed E-state index contributed by atoms with van der Waals surface area (Å²) < 4.78 is 0. The molecule has 15 heavy (non-hydrogen) atoms. The number of rotatable bonds is 4. The van der Waals surface area contributed by atoms with Gasteiger partial charge in [0.05, 0.1) is 0 Å². The highest BCUT2D eigenvalue weighted by Crippen LogP contribution is 2.32. The Labute approximate surface area is 95.6 Å². The molecule has 0 unspecified atom stereocenters. The smallest absolute Gasteiger partial charge is 0.135 e. The normalized spacial score (nSPS) is 25.3. The van der Waals surface area contributed by atoms with Crippen LogP contribution < -0.4 is 0 Å². The zero-order valence-corrected chi connectivity index (χ0v) is 11.0. The fraction of sp³-hybridized carbons (Fsp3) is 0.929. The fourth-order valence-electron chi connectivity index (χ4n) is 2.47. The van der Waals surface area contributed by atoms with Crippen molar-refractivity contribution in [1.29, 1.82) is 0 Å². The van der Waals surface area contributed by atoms with Gasteiger partial charge in [-0.1, -0.05) is 40.5 Å². The third kappa shape index (κ3) is 5.34. The van der Waals surface area contributed by atoms with Crippen LogP contribution in [0.15, 0.2) is 0 Å². The first-order valence-corrected chi connectivity index (χ1v) is 6.80. The van der Waals surface area contributed by atoms with Gasteiger partial charge in [-0.15, -0.1) is 0 Å². The molecule has 1 saturated carbocycles. The lowest BCUT2D eigenvalue weighted by atomic mass is 9.78. The zero-order valence-electron chi connectivity index (χ0n) is 11.0. The maximum atomic E-state index is 11.4. The first kappa shape index (κ1) is 14.7. The Hall–Kier alpha value is -0.330. The molecule has 0 spiro atoms. The number of hydrogen-bond acceptors (Lipinski definition) is 1. The van der Waals surface area contributed by atoms with Crippen molar-refractivity contribution in [2.75, 3.05) is 0 Å². The summed E-state index contributed by atoms with van der Waals surface area (Å²) in [5.41, 5.74) is 0. The quantitative estimate of drug-likeness (QED) is 0.665. The molecule has 0 aliphatic heterocycles. The average Bonchev–Trinajstić information content (AvgIpc) is 2.32. The minimum atomic E-state index is 0.415. The van der Waals surface area contributed by atoms with Crippen LogP contribution in [0, 0.1) is 11.8 Å². The number of hydrogen-bond donors (Lipinski definition) is 0. The molecule has 0 aromatic carbocycles. The third-order valence-electron chi connectivity index (χ3n) is 3.35. The number of ketones is 1. The number of Topliss-reactive ketones (excluding diaryl/α,β-unsaturated/α-hetero) is 1. The van der Waals surface area contributed by atoms with E-state index in [1.54, 1.807) is 0 Å². The third-order valence-corrected chi connectivity index (χ3v) is 3.35. The Kier molecular flexibility index (Phi) is 8.74. The fourth-order valence-corrected chi connectivity index (χ4v) is 2.47. The van der Waals surface area contributed by atoms with E-state index in [1.165, 1.54) is 25.7 Å². The monoisotopic (exact) mass is 212 g/mol. The second-order valence-corrected chi connectivity index (χ2v) is 4.33. The van der Waals surface area contributed by atoms with Crippen molar-refractivity contribution in [2.45, 2.75) is 72.6 Å². The molecule has 1 aliphatic rings. The molecule has 1 aliphatic carbocycles. The van der Waals surface area contributed by atoms with E-state index in [2.05, 4.69) is 6.92 Å². The summed E-state index contributed by atoms with van der Waals surface area (Å²) in [4.78, 5) is 11.4. The Morgan fingerprint density at radius 2 is 1.60 bits per heavy atom. The van der Waals surface area contributed by atoms with Gasteiger partial charge < -0.3 is 0 Å². The van der Waals surface area contributed by atoms with E-state index in [4.69, 9.17) is 0 Å². The molecule has 0 heterocycles. The van der Waals surface area contributed by atoms with Crippen LogP contribution in [0.4, 0.5) is 0 Å². The van der Waals surface area contributed by atoms with Crippen LogP contribution in [0.25, 0.3) is 0 Å². The van der Waals surface area contributed by atoms with Crippen molar-refractivity contribution in [3.63, 3.8) is 0 Å². The molecular weight excluding hydrogens is 184 g/mol. The van der Waals surface area contributed by atoms with Gasteiger partial charge in [0.15, 0.2) is 0 Å². The summed E-state index contributed by atoms with van der Waals surface area (Å²) in [6, 6.07) is 0. The SMILES string of the molecule is CC.CCCC1CCC(C(=O)CC)CC1. The molecule has 1 fully saturated rings. The van der Waals surface area contributed by atoms with Crippen LogP contribution in [-0.2, 0) is 4.79 Å². The second kappa shape index (κ2) is 8.94. The molecule has 1 heteroatoms. The second-order valence-electron chi connectivity index (χ2n) is 4.33. The maximum Gasteiger partial charge on any atom is 0.135 e. The first-order valence-electron chi connectivity index (χ1n) is 6.80. The van der Waals surface area contributed by atoms with Gasteiger partial charge in [0.2, 0.25) is 0 Å². The van der Waals surface area contributed by atoms with E-state index in [9.17, 15) is 4.79 Å².